The van der Waals surface area contributed by atoms with Crippen LogP contribution in [0.15, 0.2) is 0 Å². The lowest BCUT2D eigenvalue weighted by molar-refractivity contribution is -0.207. The van der Waals surface area contributed by atoms with E-state index >= 15 is 0 Å². The van der Waals surface area contributed by atoms with Crippen molar-refractivity contribution in [3.8, 4) is 0 Å². The first-order valence-corrected chi connectivity index (χ1v) is 11.8. The van der Waals surface area contributed by atoms with Crippen molar-refractivity contribution in [3.05, 3.63) is 0 Å². The van der Waals surface area contributed by atoms with Crippen LogP contribution >= 0.6 is 0 Å². The third-order valence-corrected chi connectivity index (χ3v) is 10.3. The van der Waals surface area contributed by atoms with Gasteiger partial charge in [-0.05, 0) is 97.7 Å². The Morgan fingerprint density at radius 2 is 1.76 bits per heavy atom. The van der Waals surface area contributed by atoms with Crippen LogP contribution in [0.1, 0.15) is 78.6 Å². The standard InChI is InChI=1S/C24H40O5/c1-13(4-7-21(28)29)16-5-6-17-22-18(12-20(27)24(16,17)3)23(2)9-8-15(25)10-14(23)11-19(22)26/h13-20,22,25-27H,4-12H2,1-3H3,(H,28,29)/t13-,14-,15+,16-,17+,18+,19-,20+,22+,23+,24-/m1/s1. The number of hydrogen-bond acceptors (Lipinski definition) is 4. The molecule has 5 heteroatoms. The Balaban J connectivity index is 1.61. The number of carboxylic acid groups (broad SMARTS) is 1. The number of carboxylic acids is 1. The quantitative estimate of drug-likeness (QED) is 0.571. The molecule has 0 aliphatic heterocycles. The number of rotatable bonds is 4. The minimum atomic E-state index is -0.748. The van der Waals surface area contributed by atoms with Crippen molar-refractivity contribution in [1.82, 2.24) is 0 Å². The molecule has 4 rings (SSSR count). The van der Waals surface area contributed by atoms with E-state index in [9.17, 15) is 20.1 Å². The molecule has 0 unspecified atom stereocenters. The van der Waals surface area contributed by atoms with Crippen LogP contribution < -0.4 is 0 Å². The molecule has 4 aliphatic rings. The number of aliphatic hydroxyl groups is 3. The highest BCUT2D eigenvalue weighted by atomic mass is 16.4. The van der Waals surface area contributed by atoms with E-state index in [0.717, 1.165) is 44.9 Å². The van der Waals surface area contributed by atoms with E-state index < -0.39 is 12.1 Å². The van der Waals surface area contributed by atoms with Gasteiger partial charge in [-0.15, -0.1) is 0 Å². The Kier molecular flexibility index (Phi) is 5.57. The highest BCUT2D eigenvalue weighted by Gasteiger charge is 2.65. The summed E-state index contributed by atoms with van der Waals surface area (Å²) in [6, 6.07) is 0. The molecule has 0 aromatic heterocycles. The van der Waals surface area contributed by atoms with Crippen molar-refractivity contribution in [2.45, 2.75) is 96.9 Å². The van der Waals surface area contributed by atoms with Crippen molar-refractivity contribution in [1.29, 1.82) is 0 Å². The highest BCUT2D eigenvalue weighted by molar-refractivity contribution is 5.66. The van der Waals surface area contributed by atoms with Gasteiger partial charge in [0.1, 0.15) is 0 Å². The Hall–Kier alpha value is -0.650. The molecule has 0 saturated heterocycles. The Bertz CT molecular complexity index is 637. The first-order chi connectivity index (χ1) is 13.6. The summed E-state index contributed by atoms with van der Waals surface area (Å²) in [5.74, 6) is 0.997. The van der Waals surface area contributed by atoms with E-state index in [1.165, 1.54) is 0 Å². The van der Waals surface area contributed by atoms with Crippen LogP contribution in [0.4, 0.5) is 0 Å². The zero-order valence-electron chi connectivity index (χ0n) is 18.3. The molecule has 4 aliphatic carbocycles. The number of fused-ring (bicyclic) bond motifs is 5. The molecular weight excluding hydrogens is 368 g/mol. The van der Waals surface area contributed by atoms with Gasteiger partial charge in [0.05, 0.1) is 18.3 Å². The summed E-state index contributed by atoms with van der Waals surface area (Å²) in [5.41, 5.74) is -0.143. The molecule has 0 aromatic rings. The molecule has 11 atom stereocenters. The number of aliphatic hydroxyl groups excluding tert-OH is 3. The summed E-state index contributed by atoms with van der Waals surface area (Å²) in [6.45, 7) is 6.72. The Morgan fingerprint density at radius 1 is 1.03 bits per heavy atom. The smallest absolute Gasteiger partial charge is 0.303 e. The molecule has 0 aromatic carbocycles. The van der Waals surface area contributed by atoms with Gasteiger partial charge in [-0.1, -0.05) is 20.8 Å². The van der Waals surface area contributed by atoms with Crippen molar-refractivity contribution < 1.29 is 25.2 Å². The maximum absolute atomic E-state index is 11.5. The first-order valence-electron chi connectivity index (χ1n) is 11.8. The van der Waals surface area contributed by atoms with Gasteiger partial charge in [0.25, 0.3) is 0 Å². The largest absolute Gasteiger partial charge is 0.481 e. The van der Waals surface area contributed by atoms with E-state index in [-0.39, 0.29) is 41.3 Å². The fraction of sp³-hybridized carbons (Fsp3) is 0.958. The molecule has 0 amide bonds. The SMILES string of the molecule is C[C@H](CCC(=O)O)[C@H]1CC[C@H]2[C@@H]3[C@H](O)C[C@H]4C[C@@H](O)CC[C@]4(C)[C@H]3C[C@H](O)[C@]12C. The zero-order valence-corrected chi connectivity index (χ0v) is 18.3. The fourth-order valence-electron chi connectivity index (χ4n) is 8.68. The Labute approximate surface area is 174 Å². The summed E-state index contributed by atoms with van der Waals surface area (Å²) < 4.78 is 0. The number of aliphatic carboxylic acids is 1. The molecule has 4 fully saturated rings. The summed E-state index contributed by atoms with van der Waals surface area (Å²) in [4.78, 5) is 11.1. The van der Waals surface area contributed by atoms with Crippen LogP contribution in [0.25, 0.3) is 0 Å². The Morgan fingerprint density at radius 3 is 2.45 bits per heavy atom. The molecule has 0 bridgehead atoms. The van der Waals surface area contributed by atoms with E-state index in [1.54, 1.807) is 0 Å². The molecule has 4 saturated carbocycles. The lowest BCUT2D eigenvalue weighted by Gasteiger charge is -2.63. The summed E-state index contributed by atoms with van der Waals surface area (Å²) in [5, 5.41) is 42.0. The molecule has 0 spiro atoms. The fourth-order valence-corrected chi connectivity index (χ4v) is 8.68. The van der Waals surface area contributed by atoms with Gasteiger partial charge in [0.15, 0.2) is 0 Å². The third-order valence-electron chi connectivity index (χ3n) is 10.3. The lowest BCUT2D eigenvalue weighted by atomic mass is 9.43. The molecule has 166 valence electrons. The predicted octanol–water partition coefficient (Wildman–Crippen LogP) is 3.45. The number of hydrogen-bond donors (Lipinski definition) is 4. The topological polar surface area (TPSA) is 98.0 Å². The average Bonchev–Trinajstić information content (AvgIpc) is 3.01. The van der Waals surface area contributed by atoms with Crippen molar-refractivity contribution >= 4 is 5.97 Å². The first kappa shape index (κ1) is 21.6. The molecule has 5 nitrogen and oxygen atoms in total. The highest BCUT2D eigenvalue weighted by Crippen LogP contribution is 2.68. The summed E-state index contributed by atoms with van der Waals surface area (Å²) in [7, 11) is 0. The van der Waals surface area contributed by atoms with Gasteiger partial charge in [0, 0.05) is 6.42 Å². The van der Waals surface area contributed by atoms with E-state index in [4.69, 9.17) is 5.11 Å². The van der Waals surface area contributed by atoms with Crippen LogP contribution in [-0.4, -0.2) is 44.7 Å². The third kappa shape index (κ3) is 3.27. The molecule has 29 heavy (non-hydrogen) atoms. The van der Waals surface area contributed by atoms with E-state index in [2.05, 4.69) is 20.8 Å². The van der Waals surface area contributed by atoms with Gasteiger partial charge in [-0.25, -0.2) is 0 Å². The second kappa shape index (κ2) is 7.49. The maximum atomic E-state index is 11.5. The normalized spacial score (nSPS) is 52.9. The predicted molar refractivity (Wildman–Crippen MR) is 110 cm³/mol. The summed E-state index contributed by atoms with van der Waals surface area (Å²) >= 11 is 0. The van der Waals surface area contributed by atoms with E-state index in [0.29, 0.717) is 30.1 Å². The van der Waals surface area contributed by atoms with Crippen LogP contribution in [0.5, 0.6) is 0 Å². The molecular formula is C24H40O5. The van der Waals surface area contributed by atoms with Gasteiger partial charge in [0.2, 0.25) is 0 Å². The van der Waals surface area contributed by atoms with Gasteiger partial charge >= 0.3 is 5.97 Å². The molecule has 0 heterocycles. The number of carbonyl (C=O) groups is 1. The van der Waals surface area contributed by atoms with Crippen LogP contribution in [0.3, 0.4) is 0 Å². The van der Waals surface area contributed by atoms with Gasteiger partial charge < -0.3 is 20.4 Å². The van der Waals surface area contributed by atoms with Crippen LogP contribution in [-0.2, 0) is 4.79 Å². The summed E-state index contributed by atoms with van der Waals surface area (Å²) in [6.07, 6.45) is 6.00. The monoisotopic (exact) mass is 408 g/mol. The second-order valence-corrected chi connectivity index (χ2v) is 11.4. The second-order valence-electron chi connectivity index (χ2n) is 11.4. The van der Waals surface area contributed by atoms with Crippen LogP contribution in [0, 0.1) is 46.3 Å². The van der Waals surface area contributed by atoms with Crippen molar-refractivity contribution in [2.75, 3.05) is 0 Å². The van der Waals surface area contributed by atoms with Gasteiger partial charge in [-0.2, -0.15) is 0 Å². The zero-order chi connectivity index (χ0) is 21.1. The minimum Gasteiger partial charge on any atom is -0.481 e. The molecule has 0 radical (unpaired) electrons. The van der Waals surface area contributed by atoms with Crippen molar-refractivity contribution in [3.63, 3.8) is 0 Å². The van der Waals surface area contributed by atoms with Crippen LogP contribution in [0.2, 0.25) is 0 Å². The maximum Gasteiger partial charge on any atom is 0.303 e. The molecule has 4 N–H and O–H groups in total. The van der Waals surface area contributed by atoms with Gasteiger partial charge in [-0.3, -0.25) is 4.79 Å². The minimum absolute atomic E-state index is 0.0957. The van der Waals surface area contributed by atoms with Crippen molar-refractivity contribution in [2.24, 2.45) is 46.3 Å². The lowest BCUT2D eigenvalue weighted by Crippen LogP contribution is -2.62. The van der Waals surface area contributed by atoms with E-state index in [1.807, 2.05) is 0 Å². The average molecular weight is 409 g/mol.